The molecule has 0 aliphatic carbocycles. The van der Waals surface area contributed by atoms with E-state index in [1.54, 1.807) is 20.0 Å². The number of carbonyl (C=O) groups is 1. The van der Waals surface area contributed by atoms with Crippen LogP contribution >= 0.6 is 11.6 Å². The number of halogens is 2. The number of ketones is 1. The lowest BCUT2D eigenvalue weighted by Gasteiger charge is -2.51. The van der Waals surface area contributed by atoms with Gasteiger partial charge < -0.3 is 10.6 Å². The molecule has 2 aliphatic heterocycles. The van der Waals surface area contributed by atoms with E-state index in [1.807, 2.05) is 4.90 Å². The molecular weight excluding hydrogens is 443 g/mol. The van der Waals surface area contributed by atoms with Crippen LogP contribution in [0.15, 0.2) is 41.5 Å². The number of likely N-dealkylation sites (tertiary alicyclic amines) is 1. The largest absolute Gasteiger partial charge is 0.386 e. The summed E-state index contributed by atoms with van der Waals surface area (Å²) in [7, 11) is -1.87. The van der Waals surface area contributed by atoms with E-state index in [4.69, 9.17) is 17.3 Å². The van der Waals surface area contributed by atoms with Gasteiger partial charge in [0.25, 0.3) is 0 Å². The predicted molar refractivity (Wildman–Crippen MR) is 117 cm³/mol. The Labute approximate surface area is 185 Å². The summed E-state index contributed by atoms with van der Waals surface area (Å²) < 4.78 is 39.9. The Bertz CT molecular complexity index is 1190. The van der Waals surface area contributed by atoms with Gasteiger partial charge in [-0.05, 0) is 43.8 Å². The van der Waals surface area contributed by atoms with Crippen LogP contribution in [0.1, 0.15) is 28.5 Å². The number of hydrogen-bond acceptors (Lipinski definition) is 7. The molecule has 0 saturated carbocycles. The van der Waals surface area contributed by atoms with Gasteiger partial charge in [0.15, 0.2) is 20.4 Å². The number of pyridine rings is 1. The van der Waals surface area contributed by atoms with Crippen molar-refractivity contribution in [3.05, 3.63) is 64.2 Å². The number of rotatable bonds is 4. The zero-order valence-corrected chi connectivity index (χ0v) is 18.7. The number of benzene rings is 1. The Balaban J connectivity index is 1.68. The number of carbonyl (C=O) groups excluding carboxylic acids is 1. The SMILES string of the molecule is CN1CC2(C1)C(N)=N[C@](C)(c1cc(CC(=O)c3ccc(Cl)cn3)ccc1F)CS2(=O)=O. The highest BCUT2D eigenvalue weighted by Gasteiger charge is 2.60. The van der Waals surface area contributed by atoms with Crippen molar-refractivity contribution in [2.45, 2.75) is 23.6 Å². The molecule has 0 unspecified atom stereocenters. The second kappa shape index (κ2) is 7.36. The fourth-order valence-electron chi connectivity index (χ4n) is 4.30. The third kappa shape index (κ3) is 3.64. The van der Waals surface area contributed by atoms with E-state index < -0.39 is 25.9 Å². The molecule has 1 aromatic carbocycles. The lowest BCUT2D eigenvalue weighted by atomic mass is 9.89. The summed E-state index contributed by atoms with van der Waals surface area (Å²) in [5.41, 5.74) is 5.60. The van der Waals surface area contributed by atoms with Crippen molar-refractivity contribution in [1.82, 2.24) is 9.88 Å². The number of amidine groups is 1. The molecule has 0 radical (unpaired) electrons. The molecule has 1 saturated heterocycles. The minimum Gasteiger partial charge on any atom is -0.386 e. The zero-order chi connectivity index (χ0) is 22.6. The van der Waals surface area contributed by atoms with Gasteiger partial charge in [0, 0.05) is 31.3 Å². The highest BCUT2D eigenvalue weighted by molar-refractivity contribution is 7.93. The summed E-state index contributed by atoms with van der Waals surface area (Å²) in [6, 6.07) is 7.28. The van der Waals surface area contributed by atoms with Crippen molar-refractivity contribution in [3.63, 3.8) is 0 Å². The third-order valence-electron chi connectivity index (χ3n) is 5.94. The van der Waals surface area contributed by atoms with Crippen LogP contribution in [-0.2, 0) is 21.8 Å². The lowest BCUT2D eigenvalue weighted by Crippen LogP contribution is -2.73. The molecule has 2 aromatic rings. The standard InChI is InChI=1S/C21H22ClFN4O3S/c1-20(12-31(29,30)21(19(24)26-20)10-27(2)11-21)15-7-13(3-5-16(15)23)8-18(28)17-6-4-14(22)9-25-17/h3-7,9H,8,10-12H2,1-2H3,(H2,24,26)/t20-/m0/s1. The number of aliphatic imine (C=N–C) groups is 1. The van der Waals surface area contributed by atoms with Gasteiger partial charge in [-0.2, -0.15) is 0 Å². The molecule has 3 heterocycles. The lowest BCUT2D eigenvalue weighted by molar-refractivity contribution is 0.0988. The van der Waals surface area contributed by atoms with Gasteiger partial charge in [0.2, 0.25) is 0 Å². The first kappa shape index (κ1) is 21.9. The minimum atomic E-state index is -3.68. The summed E-state index contributed by atoms with van der Waals surface area (Å²) in [6.07, 6.45) is 1.35. The monoisotopic (exact) mass is 464 g/mol. The maximum absolute atomic E-state index is 14.8. The zero-order valence-electron chi connectivity index (χ0n) is 17.1. The summed E-state index contributed by atoms with van der Waals surface area (Å²) >= 11 is 5.80. The molecule has 7 nitrogen and oxygen atoms in total. The highest BCUT2D eigenvalue weighted by Crippen LogP contribution is 2.41. The summed E-state index contributed by atoms with van der Waals surface area (Å²) in [4.78, 5) is 22.9. The number of sulfone groups is 1. The van der Waals surface area contributed by atoms with Gasteiger partial charge in [-0.25, -0.2) is 12.8 Å². The van der Waals surface area contributed by atoms with Gasteiger partial charge in [0.1, 0.15) is 22.9 Å². The first-order chi connectivity index (χ1) is 14.5. The van der Waals surface area contributed by atoms with E-state index in [2.05, 4.69) is 9.98 Å². The first-order valence-electron chi connectivity index (χ1n) is 9.66. The number of hydrogen-bond donors (Lipinski definition) is 1. The first-order valence-corrected chi connectivity index (χ1v) is 11.7. The van der Waals surface area contributed by atoms with Crippen molar-refractivity contribution in [3.8, 4) is 0 Å². The summed E-state index contributed by atoms with van der Waals surface area (Å²) in [6.45, 7) is 2.09. The molecule has 1 atom stereocenters. The van der Waals surface area contributed by atoms with Crippen LogP contribution in [0.3, 0.4) is 0 Å². The Morgan fingerprint density at radius 1 is 1.29 bits per heavy atom. The van der Waals surface area contributed by atoms with Crippen molar-refractivity contribution >= 4 is 33.1 Å². The van der Waals surface area contributed by atoms with E-state index in [0.29, 0.717) is 10.6 Å². The maximum Gasteiger partial charge on any atom is 0.185 e. The average molecular weight is 465 g/mol. The van der Waals surface area contributed by atoms with Crippen LogP contribution < -0.4 is 5.73 Å². The molecule has 1 spiro atoms. The molecule has 0 bridgehead atoms. The van der Waals surface area contributed by atoms with E-state index in [-0.39, 0.29) is 48.1 Å². The van der Waals surface area contributed by atoms with Crippen LogP contribution in [0.5, 0.6) is 0 Å². The molecule has 2 aliphatic rings. The molecule has 0 amide bonds. The number of nitrogens with zero attached hydrogens (tertiary/aromatic N) is 3. The molecule has 10 heteroatoms. The van der Waals surface area contributed by atoms with Crippen LogP contribution in [0.2, 0.25) is 5.02 Å². The topological polar surface area (TPSA) is 106 Å². The fourth-order valence-corrected chi connectivity index (χ4v) is 6.85. The molecule has 164 valence electrons. The normalized spacial score (nSPS) is 24.5. The van der Waals surface area contributed by atoms with E-state index in [0.717, 1.165) is 0 Å². The van der Waals surface area contributed by atoms with Gasteiger partial charge in [-0.3, -0.25) is 14.8 Å². The van der Waals surface area contributed by atoms with E-state index >= 15 is 0 Å². The Morgan fingerprint density at radius 3 is 2.58 bits per heavy atom. The third-order valence-corrected chi connectivity index (χ3v) is 8.76. The van der Waals surface area contributed by atoms with Crippen molar-refractivity contribution < 1.29 is 17.6 Å². The van der Waals surface area contributed by atoms with Crippen molar-refractivity contribution in [2.75, 3.05) is 25.9 Å². The molecule has 1 aromatic heterocycles. The number of Topliss-reactive ketones (excluding diaryl/α,β-unsaturated/α-hetero) is 1. The van der Waals surface area contributed by atoms with Gasteiger partial charge in [-0.15, -0.1) is 0 Å². The second-order valence-electron chi connectivity index (χ2n) is 8.47. The maximum atomic E-state index is 14.8. The molecule has 31 heavy (non-hydrogen) atoms. The quantitative estimate of drug-likeness (QED) is 0.693. The van der Waals surface area contributed by atoms with Crippen LogP contribution in [0.25, 0.3) is 0 Å². The predicted octanol–water partition coefficient (Wildman–Crippen LogP) is 1.98. The van der Waals surface area contributed by atoms with E-state index in [1.165, 1.54) is 30.5 Å². The van der Waals surface area contributed by atoms with Crippen molar-refractivity contribution in [2.24, 2.45) is 10.7 Å². The van der Waals surface area contributed by atoms with E-state index in [9.17, 15) is 17.6 Å². The fraction of sp³-hybridized carbons (Fsp3) is 0.381. The highest BCUT2D eigenvalue weighted by atomic mass is 35.5. The smallest absolute Gasteiger partial charge is 0.185 e. The molecule has 2 N–H and O–H groups in total. The Hall–Kier alpha value is -2.36. The summed E-state index contributed by atoms with van der Waals surface area (Å²) in [5.74, 6) is -1.22. The molecular formula is C21H22ClFN4O3S. The molecule has 1 fully saturated rings. The Morgan fingerprint density at radius 2 is 2.00 bits per heavy atom. The van der Waals surface area contributed by atoms with Crippen LogP contribution in [0, 0.1) is 5.82 Å². The Kier molecular flexibility index (Phi) is 5.19. The van der Waals surface area contributed by atoms with Gasteiger partial charge in [0.05, 0.1) is 10.8 Å². The number of aromatic nitrogens is 1. The van der Waals surface area contributed by atoms with Gasteiger partial charge in [-0.1, -0.05) is 17.7 Å². The van der Waals surface area contributed by atoms with Crippen LogP contribution in [0.4, 0.5) is 4.39 Å². The number of nitrogens with two attached hydrogens (primary N) is 1. The second-order valence-corrected chi connectivity index (χ2v) is 11.2. The molecule has 4 rings (SSSR count). The van der Waals surface area contributed by atoms with Gasteiger partial charge >= 0.3 is 0 Å². The average Bonchev–Trinajstić information content (AvgIpc) is 2.65. The van der Waals surface area contributed by atoms with Crippen LogP contribution in [-0.4, -0.2) is 60.6 Å². The summed E-state index contributed by atoms with van der Waals surface area (Å²) in [5, 5.41) is 0.415. The minimum absolute atomic E-state index is 0.00518. The van der Waals surface area contributed by atoms with Crippen molar-refractivity contribution in [1.29, 1.82) is 0 Å².